The molecule has 0 radical (unpaired) electrons. The minimum Gasteiger partial charge on any atom is -0.251 e. The molecular weight excluding hydrogens is 380 g/mol. The molecule has 3 rings (SSSR count). The van der Waals surface area contributed by atoms with Gasteiger partial charge in [-0.3, -0.25) is 5.26 Å². The predicted octanol–water partition coefficient (Wildman–Crippen LogP) is 7.96. The lowest BCUT2D eigenvalue weighted by Gasteiger charge is -2.32. The summed E-state index contributed by atoms with van der Waals surface area (Å²) >= 11 is 0. The fraction of sp³-hybridized carbons (Fsp3) is 0.517. The molecule has 0 spiro atoms. The molecule has 1 atom stereocenters. The van der Waals surface area contributed by atoms with Gasteiger partial charge in [0.1, 0.15) is 6.10 Å². The summed E-state index contributed by atoms with van der Waals surface area (Å²) in [6, 6.07) is 16.8. The highest BCUT2D eigenvalue weighted by Gasteiger charge is 2.29. The van der Waals surface area contributed by atoms with Crippen LogP contribution in [0.1, 0.15) is 100.0 Å². The van der Waals surface area contributed by atoms with E-state index in [1.807, 2.05) is 12.1 Å². The molecule has 0 saturated heterocycles. The zero-order valence-electron chi connectivity index (χ0n) is 19.3. The van der Waals surface area contributed by atoms with Crippen molar-refractivity contribution in [3.8, 4) is 11.8 Å². The fourth-order valence-electron chi connectivity index (χ4n) is 4.84. The summed E-state index contributed by atoms with van der Waals surface area (Å²) in [7, 11) is 0. The van der Waals surface area contributed by atoms with Gasteiger partial charge in [-0.05, 0) is 72.9 Å². The smallest absolute Gasteiger partial charge is 0.120 e. The average molecular weight is 419 g/mol. The van der Waals surface area contributed by atoms with Crippen LogP contribution in [0.15, 0.2) is 48.5 Å². The molecule has 2 nitrogen and oxygen atoms in total. The minimum atomic E-state index is -0.232. The van der Waals surface area contributed by atoms with Gasteiger partial charge in [-0.25, -0.2) is 4.89 Å². The van der Waals surface area contributed by atoms with E-state index in [2.05, 4.69) is 62.1 Å². The summed E-state index contributed by atoms with van der Waals surface area (Å²) in [5.41, 5.74) is 4.47. The van der Waals surface area contributed by atoms with E-state index in [4.69, 9.17) is 4.89 Å². The van der Waals surface area contributed by atoms with E-state index in [0.29, 0.717) is 5.92 Å². The normalized spacial score (nSPS) is 19.5. The third-order valence-corrected chi connectivity index (χ3v) is 6.74. The maximum absolute atomic E-state index is 9.58. The Kier molecular flexibility index (Phi) is 9.66. The molecule has 0 aromatic heterocycles. The van der Waals surface area contributed by atoms with E-state index in [1.165, 1.54) is 50.5 Å². The van der Waals surface area contributed by atoms with Crippen LogP contribution in [-0.4, -0.2) is 5.26 Å². The van der Waals surface area contributed by atoms with Gasteiger partial charge in [0.25, 0.3) is 0 Å². The SMILES string of the molecule is CCCCCc1ccc(C#Cc2ccc(C(OO)C3CCC(CCC)CC3)cc2)cc1. The molecule has 1 N–H and O–H groups in total. The second-order valence-corrected chi connectivity index (χ2v) is 9.12. The van der Waals surface area contributed by atoms with Crippen molar-refractivity contribution in [2.24, 2.45) is 11.8 Å². The molecule has 2 heteroatoms. The number of hydrogen-bond donors (Lipinski definition) is 1. The van der Waals surface area contributed by atoms with Gasteiger partial charge >= 0.3 is 0 Å². The molecular formula is C29H38O2. The van der Waals surface area contributed by atoms with Crippen LogP contribution >= 0.6 is 0 Å². The lowest BCUT2D eigenvalue weighted by Crippen LogP contribution is -2.22. The van der Waals surface area contributed by atoms with Crippen LogP contribution in [0.2, 0.25) is 0 Å². The lowest BCUT2D eigenvalue weighted by molar-refractivity contribution is -0.296. The van der Waals surface area contributed by atoms with Crippen LogP contribution in [-0.2, 0) is 11.3 Å². The van der Waals surface area contributed by atoms with Crippen molar-refractivity contribution in [1.82, 2.24) is 0 Å². The Hall–Kier alpha value is -2.08. The molecule has 1 fully saturated rings. The average Bonchev–Trinajstić information content (AvgIpc) is 2.81. The van der Waals surface area contributed by atoms with Crippen LogP contribution in [0, 0.1) is 23.7 Å². The lowest BCUT2D eigenvalue weighted by atomic mass is 9.76. The molecule has 0 bridgehead atoms. The first-order valence-electron chi connectivity index (χ1n) is 12.2. The van der Waals surface area contributed by atoms with E-state index in [0.717, 1.165) is 41.9 Å². The van der Waals surface area contributed by atoms with Gasteiger partial charge in [0.05, 0.1) is 0 Å². The first-order chi connectivity index (χ1) is 15.2. The number of aryl methyl sites for hydroxylation is 1. The molecule has 2 aromatic rings. The van der Waals surface area contributed by atoms with E-state index >= 15 is 0 Å². The Morgan fingerprint density at radius 2 is 1.45 bits per heavy atom. The number of unbranched alkanes of at least 4 members (excludes halogenated alkanes) is 2. The quantitative estimate of drug-likeness (QED) is 0.194. The molecule has 0 aliphatic heterocycles. The van der Waals surface area contributed by atoms with Gasteiger partial charge in [0, 0.05) is 11.1 Å². The van der Waals surface area contributed by atoms with Crippen molar-refractivity contribution < 1.29 is 10.1 Å². The zero-order chi connectivity index (χ0) is 21.9. The molecule has 1 saturated carbocycles. The Labute approximate surface area is 189 Å². The largest absolute Gasteiger partial charge is 0.251 e. The number of hydrogen-bond acceptors (Lipinski definition) is 2. The van der Waals surface area contributed by atoms with E-state index < -0.39 is 0 Å². The van der Waals surface area contributed by atoms with Gasteiger partial charge < -0.3 is 0 Å². The van der Waals surface area contributed by atoms with E-state index in [9.17, 15) is 5.26 Å². The monoisotopic (exact) mass is 418 g/mol. The molecule has 0 heterocycles. The van der Waals surface area contributed by atoms with Gasteiger partial charge in [-0.1, -0.05) is 88.5 Å². The molecule has 31 heavy (non-hydrogen) atoms. The van der Waals surface area contributed by atoms with Crippen LogP contribution in [0.4, 0.5) is 0 Å². The molecule has 0 amide bonds. The second-order valence-electron chi connectivity index (χ2n) is 9.12. The Balaban J connectivity index is 1.57. The van der Waals surface area contributed by atoms with Crippen LogP contribution in [0.3, 0.4) is 0 Å². The Morgan fingerprint density at radius 3 is 2.00 bits per heavy atom. The molecule has 2 aromatic carbocycles. The Morgan fingerprint density at radius 1 is 0.839 bits per heavy atom. The van der Waals surface area contributed by atoms with Crippen LogP contribution in [0.5, 0.6) is 0 Å². The zero-order valence-corrected chi connectivity index (χ0v) is 19.3. The summed E-state index contributed by atoms with van der Waals surface area (Å²) in [6.45, 7) is 4.50. The van der Waals surface area contributed by atoms with Crippen LogP contribution in [0.25, 0.3) is 0 Å². The maximum atomic E-state index is 9.58. The maximum Gasteiger partial charge on any atom is 0.120 e. The third-order valence-electron chi connectivity index (χ3n) is 6.74. The summed E-state index contributed by atoms with van der Waals surface area (Å²) in [5, 5.41) is 9.58. The van der Waals surface area contributed by atoms with Gasteiger partial charge in [0.15, 0.2) is 0 Å². The van der Waals surface area contributed by atoms with Crippen molar-refractivity contribution >= 4 is 0 Å². The summed E-state index contributed by atoms with van der Waals surface area (Å²) < 4.78 is 0. The molecule has 166 valence electrons. The highest BCUT2D eigenvalue weighted by atomic mass is 17.1. The van der Waals surface area contributed by atoms with Crippen molar-refractivity contribution in [3.63, 3.8) is 0 Å². The minimum absolute atomic E-state index is 0.232. The van der Waals surface area contributed by atoms with E-state index in [-0.39, 0.29) is 6.10 Å². The molecule has 1 unspecified atom stereocenters. The Bertz CT molecular complexity index is 818. The standard InChI is InChI=1S/C29H38O2/c1-3-5-6-8-24-9-11-25(12-10-24)13-14-26-17-21-28(22-18-26)29(31-30)27-19-15-23(7-4-2)16-20-27/h9-12,17-18,21-23,27,29-30H,3-8,15-16,19-20H2,1-2H3. The third kappa shape index (κ3) is 7.23. The number of rotatable bonds is 9. The number of benzene rings is 2. The van der Waals surface area contributed by atoms with Crippen molar-refractivity contribution in [1.29, 1.82) is 0 Å². The van der Waals surface area contributed by atoms with Crippen molar-refractivity contribution in [2.45, 2.75) is 84.2 Å². The first kappa shape index (κ1) is 23.6. The molecule has 1 aliphatic carbocycles. The summed E-state index contributed by atoms with van der Waals surface area (Å²) in [4.78, 5) is 4.95. The van der Waals surface area contributed by atoms with Crippen molar-refractivity contribution in [2.75, 3.05) is 0 Å². The van der Waals surface area contributed by atoms with Gasteiger partial charge in [0.2, 0.25) is 0 Å². The first-order valence-corrected chi connectivity index (χ1v) is 12.2. The predicted molar refractivity (Wildman–Crippen MR) is 129 cm³/mol. The highest BCUT2D eigenvalue weighted by molar-refractivity contribution is 5.44. The highest BCUT2D eigenvalue weighted by Crippen LogP contribution is 2.39. The summed E-state index contributed by atoms with van der Waals surface area (Å²) in [6.07, 6.45) is 12.1. The van der Waals surface area contributed by atoms with Gasteiger partial charge in [-0.15, -0.1) is 0 Å². The molecule has 1 aliphatic rings. The van der Waals surface area contributed by atoms with Gasteiger partial charge in [-0.2, -0.15) is 0 Å². The second kappa shape index (κ2) is 12.7. The topological polar surface area (TPSA) is 29.5 Å². The van der Waals surface area contributed by atoms with Crippen molar-refractivity contribution in [3.05, 3.63) is 70.8 Å². The summed E-state index contributed by atoms with van der Waals surface area (Å²) in [5.74, 6) is 7.78. The van der Waals surface area contributed by atoms with Crippen LogP contribution < -0.4 is 0 Å². The van der Waals surface area contributed by atoms with E-state index in [1.54, 1.807) is 0 Å². The fourth-order valence-corrected chi connectivity index (χ4v) is 4.84.